The van der Waals surface area contributed by atoms with E-state index in [1.54, 1.807) is 0 Å². The van der Waals surface area contributed by atoms with Crippen LogP contribution in [0.15, 0.2) is 0 Å². The molecule has 0 aliphatic rings. The fraction of sp³-hybridized carbons (Fsp3) is 1.00. The van der Waals surface area contributed by atoms with Crippen LogP contribution in [0.2, 0.25) is 0 Å². The lowest BCUT2D eigenvalue weighted by Crippen LogP contribution is -2.23. The van der Waals surface area contributed by atoms with Gasteiger partial charge in [0.1, 0.15) is 0 Å². The first-order valence-electron chi connectivity index (χ1n) is 4.76. The highest BCUT2D eigenvalue weighted by Crippen LogP contribution is 2.32. The van der Waals surface area contributed by atoms with Crippen LogP contribution in [0.3, 0.4) is 0 Å². The summed E-state index contributed by atoms with van der Waals surface area (Å²) >= 11 is 0. The maximum atomic E-state index is 2.95. The lowest BCUT2D eigenvalue weighted by Gasteiger charge is -2.30. The zero-order valence-corrected chi connectivity index (χ0v) is 11.4. The summed E-state index contributed by atoms with van der Waals surface area (Å²) in [5.41, 5.74) is 1.90. The van der Waals surface area contributed by atoms with Crippen molar-refractivity contribution < 1.29 is 0 Å². The topological polar surface area (TPSA) is 0 Å². The molecule has 5 atom stereocenters. The Morgan fingerprint density at radius 1 is 1.08 bits per heavy atom. The van der Waals surface area contributed by atoms with Crippen molar-refractivity contribution in [3.63, 3.8) is 0 Å². The number of hydrogen-bond donors (Lipinski definition) is 0. The van der Waals surface area contributed by atoms with Crippen molar-refractivity contribution in [2.75, 3.05) is 0 Å². The van der Waals surface area contributed by atoms with Gasteiger partial charge in [-0.05, 0) is 29.1 Å². The Hall–Kier alpha value is 0.860. The predicted octanol–water partition coefficient (Wildman–Crippen LogP) is 3.57. The molecule has 0 heterocycles. The van der Waals surface area contributed by atoms with Gasteiger partial charge in [-0.2, -0.15) is 0 Å². The van der Waals surface area contributed by atoms with E-state index in [9.17, 15) is 0 Å². The van der Waals surface area contributed by atoms with E-state index in [2.05, 4.69) is 53.1 Å². The van der Waals surface area contributed by atoms with Gasteiger partial charge >= 0.3 is 0 Å². The molecule has 0 radical (unpaired) electrons. The summed E-state index contributed by atoms with van der Waals surface area (Å²) in [5, 5.41) is 0. The van der Waals surface area contributed by atoms with Gasteiger partial charge in [0, 0.05) is 0 Å². The van der Waals surface area contributed by atoms with Crippen molar-refractivity contribution in [2.45, 2.75) is 52.4 Å². The van der Waals surface area contributed by atoms with Crippen molar-refractivity contribution in [2.24, 2.45) is 11.3 Å². The molecule has 0 aromatic heterocycles. The van der Waals surface area contributed by atoms with E-state index in [0.717, 1.165) is 11.6 Å². The maximum absolute atomic E-state index is 2.95. The van der Waals surface area contributed by atoms with Gasteiger partial charge in [-0.15, -0.1) is 18.5 Å². The highest BCUT2D eigenvalue weighted by atomic mass is 31.0. The molecule has 0 N–H and O–H groups in total. The molecular weight excluding hydrogens is 182 g/mol. The minimum Gasteiger partial charge on any atom is -0.134 e. The first-order valence-corrected chi connectivity index (χ1v) is 6.09. The molecule has 0 spiro atoms. The van der Waals surface area contributed by atoms with Crippen LogP contribution in [0.5, 0.6) is 0 Å². The second-order valence-electron chi connectivity index (χ2n) is 5.03. The molecule has 0 fully saturated rings. The van der Waals surface area contributed by atoms with Crippen LogP contribution in [0.25, 0.3) is 0 Å². The van der Waals surface area contributed by atoms with Gasteiger partial charge in [0.2, 0.25) is 0 Å². The maximum Gasteiger partial charge on any atom is -0.0201 e. The van der Waals surface area contributed by atoms with Crippen molar-refractivity contribution >= 4 is 18.5 Å². The Morgan fingerprint density at radius 2 is 1.50 bits per heavy atom. The second-order valence-corrected chi connectivity index (χ2v) is 6.93. The number of rotatable bonds is 3. The molecule has 0 aromatic rings. The van der Waals surface area contributed by atoms with Crippen molar-refractivity contribution in [3.8, 4) is 0 Å². The standard InChI is InChI=1S/C10H24P2/c1-7(10(3,4)5)6-9(12)8(2)11/h7-9H,6,11-12H2,1-5H3. The monoisotopic (exact) mass is 206 g/mol. The Morgan fingerprint density at radius 3 is 1.75 bits per heavy atom. The van der Waals surface area contributed by atoms with E-state index in [-0.39, 0.29) is 0 Å². The molecule has 0 aliphatic heterocycles. The van der Waals surface area contributed by atoms with Gasteiger partial charge < -0.3 is 0 Å². The summed E-state index contributed by atoms with van der Waals surface area (Å²) in [6.07, 6.45) is 1.30. The van der Waals surface area contributed by atoms with Crippen LogP contribution in [0.4, 0.5) is 0 Å². The van der Waals surface area contributed by atoms with Gasteiger partial charge in [0.15, 0.2) is 0 Å². The van der Waals surface area contributed by atoms with Crippen LogP contribution in [0.1, 0.15) is 41.0 Å². The highest BCUT2D eigenvalue weighted by molar-refractivity contribution is 7.23. The molecule has 0 bridgehead atoms. The third kappa shape index (κ3) is 4.78. The van der Waals surface area contributed by atoms with Crippen LogP contribution in [-0.4, -0.2) is 11.3 Å². The average Bonchev–Trinajstić information content (AvgIpc) is 1.85. The summed E-state index contributed by atoms with van der Waals surface area (Å²) in [5.74, 6) is 0.794. The molecular formula is C10H24P2. The Kier molecular flexibility index (Phi) is 5.27. The summed E-state index contributed by atoms with van der Waals surface area (Å²) in [4.78, 5) is 0. The minimum atomic E-state index is 0.453. The first-order chi connectivity index (χ1) is 5.25. The third-order valence-corrected chi connectivity index (χ3v) is 4.60. The van der Waals surface area contributed by atoms with Gasteiger partial charge in [0.05, 0.1) is 0 Å². The van der Waals surface area contributed by atoms with E-state index >= 15 is 0 Å². The normalized spacial score (nSPS) is 20.2. The van der Waals surface area contributed by atoms with E-state index in [1.807, 2.05) is 0 Å². The zero-order chi connectivity index (χ0) is 9.94. The summed E-state index contributed by atoms with van der Waals surface area (Å²) < 4.78 is 0. The number of hydrogen-bond acceptors (Lipinski definition) is 0. The van der Waals surface area contributed by atoms with Crippen molar-refractivity contribution in [1.29, 1.82) is 0 Å². The molecule has 0 saturated carbocycles. The third-order valence-electron chi connectivity index (χ3n) is 2.78. The Bertz CT molecular complexity index is 124. The van der Waals surface area contributed by atoms with E-state index in [1.165, 1.54) is 6.42 Å². The molecule has 0 saturated heterocycles. The molecule has 0 amide bonds. The van der Waals surface area contributed by atoms with Crippen LogP contribution in [0, 0.1) is 11.3 Å². The molecule has 0 aliphatic carbocycles. The lowest BCUT2D eigenvalue weighted by molar-refractivity contribution is 0.245. The van der Waals surface area contributed by atoms with Crippen LogP contribution in [-0.2, 0) is 0 Å². The molecule has 0 nitrogen and oxygen atoms in total. The Balaban J connectivity index is 3.93. The van der Waals surface area contributed by atoms with Crippen LogP contribution < -0.4 is 0 Å². The summed E-state index contributed by atoms with van der Waals surface area (Å²) in [7, 11) is 5.84. The molecule has 0 aromatic carbocycles. The van der Waals surface area contributed by atoms with Crippen molar-refractivity contribution in [1.82, 2.24) is 0 Å². The SMILES string of the molecule is CC(P)C(P)CC(C)C(C)(C)C. The molecule has 0 rings (SSSR count). The van der Waals surface area contributed by atoms with E-state index in [4.69, 9.17) is 0 Å². The van der Waals surface area contributed by atoms with Gasteiger partial charge in [-0.3, -0.25) is 0 Å². The van der Waals surface area contributed by atoms with Crippen LogP contribution >= 0.6 is 18.5 Å². The highest BCUT2D eigenvalue weighted by Gasteiger charge is 2.22. The smallest absolute Gasteiger partial charge is 0.0201 e. The summed E-state index contributed by atoms with van der Waals surface area (Å²) in [6.45, 7) is 11.6. The Labute approximate surface area is 82.7 Å². The van der Waals surface area contributed by atoms with E-state index < -0.39 is 0 Å². The van der Waals surface area contributed by atoms with E-state index in [0.29, 0.717) is 11.1 Å². The fourth-order valence-electron chi connectivity index (χ4n) is 0.976. The molecule has 12 heavy (non-hydrogen) atoms. The minimum absolute atomic E-state index is 0.453. The van der Waals surface area contributed by atoms with Gasteiger partial charge in [0.25, 0.3) is 0 Å². The largest absolute Gasteiger partial charge is 0.134 e. The lowest BCUT2D eigenvalue weighted by atomic mass is 9.79. The zero-order valence-electron chi connectivity index (χ0n) is 9.09. The fourth-order valence-corrected chi connectivity index (χ4v) is 1.54. The van der Waals surface area contributed by atoms with Crippen molar-refractivity contribution in [3.05, 3.63) is 0 Å². The van der Waals surface area contributed by atoms with Gasteiger partial charge in [-0.1, -0.05) is 34.6 Å². The van der Waals surface area contributed by atoms with Gasteiger partial charge in [-0.25, -0.2) is 0 Å². The first kappa shape index (κ1) is 12.9. The quantitative estimate of drug-likeness (QED) is 0.619. The summed E-state index contributed by atoms with van der Waals surface area (Å²) in [6, 6.07) is 0. The molecule has 5 unspecified atom stereocenters. The molecule has 74 valence electrons. The predicted molar refractivity (Wildman–Crippen MR) is 65.9 cm³/mol. The second kappa shape index (κ2) is 4.92. The molecule has 2 heteroatoms. The average molecular weight is 206 g/mol.